The van der Waals surface area contributed by atoms with E-state index in [0.29, 0.717) is 10.7 Å². The van der Waals surface area contributed by atoms with Crippen molar-refractivity contribution in [2.24, 2.45) is 0 Å². The zero-order valence-corrected chi connectivity index (χ0v) is 14.9. The van der Waals surface area contributed by atoms with Gasteiger partial charge in [0.15, 0.2) is 10.7 Å². The molecule has 0 fully saturated rings. The number of nitrogens with zero attached hydrogens (tertiary/aromatic N) is 2. The number of aromatic nitrogens is 2. The number of pyridine rings is 1. The number of furan rings is 1. The van der Waals surface area contributed by atoms with E-state index in [1.807, 2.05) is 12.1 Å². The molecule has 3 nitrogen and oxygen atoms in total. The summed E-state index contributed by atoms with van der Waals surface area (Å²) < 4.78 is 8.22. The Kier molecular flexibility index (Phi) is 2.94. The van der Waals surface area contributed by atoms with Crippen molar-refractivity contribution in [3.8, 4) is 5.69 Å². The molecular formula is C23H13ClN2O. The Morgan fingerprint density at radius 1 is 0.741 bits per heavy atom. The van der Waals surface area contributed by atoms with E-state index in [1.54, 1.807) is 6.20 Å². The van der Waals surface area contributed by atoms with Gasteiger partial charge < -0.3 is 8.98 Å². The van der Waals surface area contributed by atoms with Crippen molar-refractivity contribution in [1.29, 1.82) is 0 Å². The summed E-state index contributed by atoms with van der Waals surface area (Å²) in [6.07, 6.45) is 1.72. The molecule has 3 aromatic carbocycles. The molecule has 0 saturated heterocycles. The van der Waals surface area contributed by atoms with E-state index in [9.17, 15) is 0 Å². The van der Waals surface area contributed by atoms with E-state index in [0.717, 1.165) is 22.0 Å². The molecule has 0 radical (unpaired) electrons. The molecule has 0 unspecified atom stereocenters. The summed E-state index contributed by atoms with van der Waals surface area (Å²) in [5, 5.41) is 4.90. The van der Waals surface area contributed by atoms with Gasteiger partial charge in [0.2, 0.25) is 0 Å². The Morgan fingerprint density at radius 3 is 2.19 bits per heavy atom. The zero-order chi connectivity index (χ0) is 18.0. The third kappa shape index (κ3) is 2.00. The Balaban J connectivity index is 1.75. The molecule has 0 N–H and O–H groups in total. The fraction of sp³-hybridized carbons (Fsp3) is 0. The van der Waals surface area contributed by atoms with Gasteiger partial charge in [-0.2, -0.15) is 0 Å². The summed E-state index contributed by atoms with van der Waals surface area (Å²) in [6, 6.07) is 25.2. The van der Waals surface area contributed by atoms with Crippen LogP contribution in [0.25, 0.3) is 49.4 Å². The van der Waals surface area contributed by atoms with Crippen molar-refractivity contribution in [3.63, 3.8) is 0 Å². The highest BCUT2D eigenvalue weighted by molar-refractivity contribution is 6.34. The van der Waals surface area contributed by atoms with Crippen LogP contribution in [-0.4, -0.2) is 9.55 Å². The first-order chi connectivity index (χ1) is 13.3. The number of halogens is 1. The van der Waals surface area contributed by atoms with Crippen molar-refractivity contribution < 1.29 is 4.42 Å². The van der Waals surface area contributed by atoms with E-state index in [4.69, 9.17) is 16.0 Å². The van der Waals surface area contributed by atoms with Crippen LogP contribution in [0.5, 0.6) is 0 Å². The maximum atomic E-state index is 6.21. The molecule has 3 aromatic heterocycles. The molecule has 27 heavy (non-hydrogen) atoms. The number of hydrogen-bond acceptors (Lipinski definition) is 2. The average molecular weight is 369 g/mol. The molecule has 0 saturated carbocycles. The number of rotatable bonds is 1. The van der Waals surface area contributed by atoms with E-state index in [-0.39, 0.29) is 0 Å². The van der Waals surface area contributed by atoms with Crippen molar-refractivity contribution in [1.82, 2.24) is 9.55 Å². The minimum absolute atomic E-state index is 0.391. The molecule has 0 atom stereocenters. The van der Waals surface area contributed by atoms with Crippen molar-refractivity contribution >= 4 is 55.3 Å². The molecule has 0 aliphatic carbocycles. The quantitative estimate of drug-likeness (QED) is 0.301. The highest BCUT2D eigenvalue weighted by atomic mass is 35.5. The lowest BCUT2D eigenvalue weighted by molar-refractivity contribution is 0.667. The highest BCUT2D eigenvalue weighted by Crippen LogP contribution is 2.36. The fourth-order valence-corrected chi connectivity index (χ4v) is 4.20. The van der Waals surface area contributed by atoms with Crippen LogP contribution in [0.1, 0.15) is 0 Å². The third-order valence-corrected chi connectivity index (χ3v) is 5.43. The number of para-hydroxylation sites is 2. The average Bonchev–Trinajstić information content (AvgIpc) is 3.24. The van der Waals surface area contributed by atoms with Crippen LogP contribution in [0.4, 0.5) is 0 Å². The van der Waals surface area contributed by atoms with Crippen LogP contribution >= 0.6 is 11.6 Å². The van der Waals surface area contributed by atoms with Crippen molar-refractivity contribution in [3.05, 3.63) is 84.1 Å². The van der Waals surface area contributed by atoms with E-state index in [2.05, 4.69) is 70.2 Å². The topological polar surface area (TPSA) is 31.0 Å². The number of hydrogen-bond donors (Lipinski definition) is 0. The molecule has 6 rings (SSSR count). The van der Waals surface area contributed by atoms with Crippen LogP contribution < -0.4 is 0 Å². The smallest absolute Gasteiger partial charge is 0.172 e. The van der Waals surface area contributed by atoms with Crippen molar-refractivity contribution in [2.45, 2.75) is 0 Å². The molecule has 6 aromatic rings. The summed E-state index contributed by atoms with van der Waals surface area (Å²) in [5.74, 6) is 0. The Hall–Kier alpha value is -3.30. The second-order valence-electron chi connectivity index (χ2n) is 6.63. The molecular weight excluding hydrogens is 356 g/mol. The Morgan fingerprint density at radius 2 is 1.44 bits per heavy atom. The van der Waals surface area contributed by atoms with Crippen LogP contribution in [0.3, 0.4) is 0 Å². The lowest BCUT2D eigenvalue weighted by Crippen LogP contribution is -1.93. The zero-order valence-electron chi connectivity index (χ0n) is 14.2. The second kappa shape index (κ2) is 5.35. The Bertz CT molecular complexity index is 1440. The van der Waals surface area contributed by atoms with Crippen LogP contribution in [-0.2, 0) is 0 Å². The Labute approximate surface area is 159 Å². The summed E-state index contributed by atoms with van der Waals surface area (Å²) >= 11 is 6.21. The molecule has 4 heteroatoms. The van der Waals surface area contributed by atoms with Crippen LogP contribution in [0.2, 0.25) is 5.15 Å². The first kappa shape index (κ1) is 14.8. The maximum absolute atomic E-state index is 6.21. The molecule has 0 spiro atoms. The van der Waals surface area contributed by atoms with Crippen molar-refractivity contribution in [2.75, 3.05) is 0 Å². The molecule has 0 amide bonds. The van der Waals surface area contributed by atoms with Gasteiger partial charge >= 0.3 is 0 Å². The summed E-state index contributed by atoms with van der Waals surface area (Å²) in [4.78, 5) is 4.12. The normalized spacial score (nSPS) is 11.9. The van der Waals surface area contributed by atoms with E-state index in [1.165, 1.54) is 21.8 Å². The summed E-state index contributed by atoms with van der Waals surface area (Å²) in [7, 11) is 0. The molecule has 0 aliphatic heterocycles. The third-order valence-electron chi connectivity index (χ3n) is 5.16. The van der Waals surface area contributed by atoms with Crippen LogP contribution in [0.15, 0.2) is 83.4 Å². The minimum atomic E-state index is 0.391. The van der Waals surface area contributed by atoms with Gasteiger partial charge in [0, 0.05) is 33.4 Å². The minimum Gasteiger partial charge on any atom is -0.453 e. The van der Waals surface area contributed by atoms with Gasteiger partial charge in [0.25, 0.3) is 0 Å². The predicted octanol–water partition coefficient (Wildman–Crippen LogP) is 6.73. The summed E-state index contributed by atoms with van der Waals surface area (Å²) in [5.41, 5.74) is 4.91. The molecule has 3 heterocycles. The lowest BCUT2D eigenvalue weighted by atomic mass is 10.1. The van der Waals surface area contributed by atoms with Crippen LogP contribution in [0, 0.1) is 0 Å². The SMILES string of the molecule is Clc1nccc2c1oc1ccc(-n3c4ccccc4c4ccccc43)cc12. The van der Waals surface area contributed by atoms with Gasteiger partial charge in [-0.3, -0.25) is 0 Å². The monoisotopic (exact) mass is 368 g/mol. The van der Waals surface area contributed by atoms with Gasteiger partial charge in [-0.05, 0) is 36.4 Å². The molecule has 128 valence electrons. The van der Waals surface area contributed by atoms with Gasteiger partial charge in [-0.25, -0.2) is 4.98 Å². The maximum Gasteiger partial charge on any atom is 0.172 e. The number of fused-ring (bicyclic) bond motifs is 6. The van der Waals surface area contributed by atoms with Gasteiger partial charge in [0.05, 0.1) is 11.0 Å². The summed E-state index contributed by atoms with van der Waals surface area (Å²) in [6.45, 7) is 0. The highest BCUT2D eigenvalue weighted by Gasteiger charge is 2.14. The second-order valence-corrected chi connectivity index (χ2v) is 6.99. The van der Waals surface area contributed by atoms with Gasteiger partial charge in [0.1, 0.15) is 5.58 Å². The first-order valence-corrected chi connectivity index (χ1v) is 9.14. The molecule has 0 bridgehead atoms. The molecule has 0 aliphatic rings. The lowest BCUT2D eigenvalue weighted by Gasteiger charge is -2.07. The van der Waals surface area contributed by atoms with E-state index < -0.39 is 0 Å². The predicted molar refractivity (Wildman–Crippen MR) is 111 cm³/mol. The van der Waals surface area contributed by atoms with Gasteiger partial charge in [-0.1, -0.05) is 48.0 Å². The fourth-order valence-electron chi connectivity index (χ4n) is 4.00. The van der Waals surface area contributed by atoms with Gasteiger partial charge in [-0.15, -0.1) is 0 Å². The standard InChI is InChI=1S/C23H13ClN2O/c24-23-22-17(11-12-25-23)18-13-14(9-10-21(18)27-22)26-19-7-3-1-5-15(19)16-6-2-4-8-20(16)26/h1-13H. The number of benzene rings is 3. The largest absolute Gasteiger partial charge is 0.453 e. The first-order valence-electron chi connectivity index (χ1n) is 8.76. The van der Waals surface area contributed by atoms with E-state index >= 15 is 0 Å².